The van der Waals surface area contributed by atoms with Crippen molar-refractivity contribution in [2.45, 2.75) is 37.4 Å². The Morgan fingerprint density at radius 2 is 1.85 bits per heavy atom. The Kier molecular flexibility index (Phi) is 1.53. The van der Waals surface area contributed by atoms with Gasteiger partial charge in [0.15, 0.2) is 5.79 Å². The SMILES string of the molecule is COC(=O)C1(O)[C@@H]2OC(C)(C)O[C@H]21. The first kappa shape index (κ1) is 8.93. The van der Waals surface area contributed by atoms with Crippen LogP contribution in [0.2, 0.25) is 0 Å². The van der Waals surface area contributed by atoms with Gasteiger partial charge in [-0.3, -0.25) is 0 Å². The van der Waals surface area contributed by atoms with E-state index in [-0.39, 0.29) is 0 Å². The van der Waals surface area contributed by atoms with Crippen LogP contribution in [0.4, 0.5) is 0 Å². The van der Waals surface area contributed by atoms with Crippen LogP contribution < -0.4 is 0 Å². The molecule has 5 heteroatoms. The van der Waals surface area contributed by atoms with Crippen molar-refractivity contribution in [1.82, 2.24) is 0 Å². The highest BCUT2D eigenvalue weighted by molar-refractivity contribution is 5.86. The number of fused-ring (bicyclic) bond motifs is 1. The van der Waals surface area contributed by atoms with Gasteiger partial charge in [-0.1, -0.05) is 0 Å². The fourth-order valence-corrected chi connectivity index (χ4v) is 1.65. The van der Waals surface area contributed by atoms with Crippen LogP contribution in [0.5, 0.6) is 0 Å². The molecule has 0 aromatic heterocycles. The summed E-state index contributed by atoms with van der Waals surface area (Å²) in [5, 5.41) is 9.68. The molecule has 74 valence electrons. The van der Waals surface area contributed by atoms with E-state index >= 15 is 0 Å². The average molecular weight is 188 g/mol. The first-order valence-corrected chi connectivity index (χ1v) is 4.08. The van der Waals surface area contributed by atoms with Crippen LogP contribution in [0.3, 0.4) is 0 Å². The maximum atomic E-state index is 11.1. The lowest BCUT2D eigenvalue weighted by molar-refractivity contribution is -0.212. The van der Waals surface area contributed by atoms with Gasteiger partial charge in [0.05, 0.1) is 7.11 Å². The number of ether oxygens (including phenoxy) is 3. The molecule has 0 aromatic carbocycles. The molecule has 0 spiro atoms. The molecule has 1 saturated carbocycles. The van der Waals surface area contributed by atoms with Crippen LogP contribution in [0.15, 0.2) is 0 Å². The number of carbonyl (C=O) groups is 1. The summed E-state index contributed by atoms with van der Waals surface area (Å²) in [6.07, 6.45) is -1.15. The normalized spacial score (nSPS) is 45.5. The van der Waals surface area contributed by atoms with Gasteiger partial charge in [-0.15, -0.1) is 0 Å². The summed E-state index contributed by atoms with van der Waals surface area (Å²) in [5.74, 6) is -1.41. The maximum absolute atomic E-state index is 11.1. The monoisotopic (exact) mass is 188 g/mol. The Morgan fingerprint density at radius 3 is 2.23 bits per heavy atom. The molecule has 0 radical (unpaired) electrons. The van der Waals surface area contributed by atoms with Gasteiger partial charge in [0, 0.05) is 0 Å². The van der Waals surface area contributed by atoms with Gasteiger partial charge in [-0.05, 0) is 13.8 Å². The second-order valence-electron chi connectivity index (χ2n) is 3.79. The number of aliphatic hydroxyl groups is 1. The highest BCUT2D eigenvalue weighted by Gasteiger charge is 2.78. The van der Waals surface area contributed by atoms with Gasteiger partial charge in [-0.25, -0.2) is 4.79 Å². The van der Waals surface area contributed by atoms with Crippen molar-refractivity contribution in [3.05, 3.63) is 0 Å². The molecule has 13 heavy (non-hydrogen) atoms. The molecule has 0 aromatic rings. The lowest BCUT2D eigenvalue weighted by Crippen LogP contribution is -2.39. The minimum atomic E-state index is -1.58. The summed E-state index contributed by atoms with van der Waals surface area (Å²) in [6.45, 7) is 3.47. The Hall–Kier alpha value is -0.650. The standard InChI is InChI=1S/C8H12O5/c1-7(2)12-4-5(13-7)8(4,10)6(9)11-3/h4-5,10H,1-3H3/t4-,5-/m1/s1. The van der Waals surface area contributed by atoms with Gasteiger partial charge in [0.2, 0.25) is 5.60 Å². The van der Waals surface area contributed by atoms with E-state index in [0.717, 1.165) is 0 Å². The third kappa shape index (κ3) is 1.01. The van der Waals surface area contributed by atoms with E-state index < -0.39 is 29.6 Å². The van der Waals surface area contributed by atoms with Gasteiger partial charge in [0.25, 0.3) is 0 Å². The molecule has 2 rings (SSSR count). The summed E-state index contributed by atoms with van der Waals surface area (Å²) in [4.78, 5) is 11.1. The zero-order valence-corrected chi connectivity index (χ0v) is 7.73. The van der Waals surface area contributed by atoms with E-state index in [2.05, 4.69) is 4.74 Å². The predicted molar refractivity (Wildman–Crippen MR) is 40.8 cm³/mol. The van der Waals surface area contributed by atoms with Crippen molar-refractivity contribution in [3.8, 4) is 0 Å². The van der Waals surface area contributed by atoms with Crippen molar-refractivity contribution in [1.29, 1.82) is 0 Å². The highest BCUT2D eigenvalue weighted by Crippen LogP contribution is 2.52. The molecule has 2 aliphatic rings. The second kappa shape index (κ2) is 2.23. The van der Waals surface area contributed by atoms with Gasteiger partial charge < -0.3 is 19.3 Å². The van der Waals surface area contributed by atoms with Crippen molar-refractivity contribution < 1.29 is 24.1 Å². The molecule has 0 amide bonds. The van der Waals surface area contributed by atoms with Crippen LogP contribution in [0.1, 0.15) is 13.8 Å². The van der Waals surface area contributed by atoms with Crippen LogP contribution in [0, 0.1) is 0 Å². The molecule has 1 aliphatic heterocycles. The lowest BCUT2D eigenvalue weighted by atomic mass is 10.3. The zero-order chi connectivity index (χ0) is 9.85. The molecule has 1 heterocycles. The largest absolute Gasteiger partial charge is 0.467 e. The van der Waals surface area contributed by atoms with E-state index in [4.69, 9.17) is 9.47 Å². The number of hydrogen-bond donors (Lipinski definition) is 1. The van der Waals surface area contributed by atoms with E-state index in [1.807, 2.05) is 0 Å². The van der Waals surface area contributed by atoms with Crippen LogP contribution in [-0.4, -0.2) is 41.8 Å². The van der Waals surface area contributed by atoms with Gasteiger partial charge in [0.1, 0.15) is 12.2 Å². The van der Waals surface area contributed by atoms with E-state index in [9.17, 15) is 9.90 Å². The highest BCUT2D eigenvalue weighted by atomic mass is 16.8. The number of carbonyl (C=O) groups excluding carboxylic acids is 1. The summed E-state index contributed by atoms with van der Waals surface area (Å²) >= 11 is 0. The molecule has 2 atom stereocenters. The topological polar surface area (TPSA) is 65.0 Å². The molecule has 1 aliphatic carbocycles. The summed E-state index contributed by atoms with van der Waals surface area (Å²) in [7, 11) is 1.22. The Morgan fingerprint density at radius 1 is 1.38 bits per heavy atom. The third-order valence-electron chi connectivity index (χ3n) is 2.37. The number of rotatable bonds is 1. The van der Waals surface area contributed by atoms with Gasteiger partial charge >= 0.3 is 5.97 Å². The van der Waals surface area contributed by atoms with E-state index in [1.54, 1.807) is 13.8 Å². The van der Waals surface area contributed by atoms with E-state index in [0.29, 0.717) is 0 Å². The van der Waals surface area contributed by atoms with Crippen LogP contribution in [-0.2, 0) is 19.0 Å². The van der Waals surface area contributed by atoms with Crippen molar-refractivity contribution >= 4 is 5.97 Å². The van der Waals surface area contributed by atoms with Crippen LogP contribution in [0.25, 0.3) is 0 Å². The molecular formula is C8H12O5. The van der Waals surface area contributed by atoms with Crippen molar-refractivity contribution in [2.24, 2.45) is 0 Å². The molecule has 0 bridgehead atoms. The average Bonchev–Trinajstić information content (AvgIpc) is 2.46. The molecule has 1 saturated heterocycles. The van der Waals surface area contributed by atoms with E-state index in [1.165, 1.54) is 7.11 Å². The van der Waals surface area contributed by atoms with Crippen LogP contribution >= 0.6 is 0 Å². The first-order valence-electron chi connectivity index (χ1n) is 4.08. The smallest absolute Gasteiger partial charge is 0.343 e. The minimum absolute atomic E-state index is 0.574. The first-order chi connectivity index (χ1) is 5.92. The molecule has 0 unspecified atom stereocenters. The lowest BCUT2D eigenvalue weighted by Gasteiger charge is -2.23. The Balaban J connectivity index is 2.09. The van der Waals surface area contributed by atoms with Gasteiger partial charge in [-0.2, -0.15) is 0 Å². The molecule has 5 nitrogen and oxygen atoms in total. The fourth-order valence-electron chi connectivity index (χ4n) is 1.65. The summed E-state index contributed by atoms with van der Waals surface area (Å²) in [5.41, 5.74) is -1.58. The fraction of sp³-hybridized carbons (Fsp3) is 0.875. The number of esters is 1. The second-order valence-corrected chi connectivity index (χ2v) is 3.79. The zero-order valence-electron chi connectivity index (χ0n) is 7.73. The Bertz CT molecular complexity index is 245. The third-order valence-corrected chi connectivity index (χ3v) is 2.37. The quantitative estimate of drug-likeness (QED) is 0.558. The van der Waals surface area contributed by atoms with Crippen molar-refractivity contribution in [2.75, 3.05) is 7.11 Å². The summed E-state index contributed by atoms with van der Waals surface area (Å²) < 4.78 is 15.0. The van der Waals surface area contributed by atoms with Crippen molar-refractivity contribution in [3.63, 3.8) is 0 Å². The Labute approximate surface area is 75.6 Å². The minimum Gasteiger partial charge on any atom is -0.467 e. The molecule has 1 N–H and O–H groups in total. The maximum Gasteiger partial charge on any atom is 0.343 e. The number of hydrogen-bond acceptors (Lipinski definition) is 5. The molecule has 2 fully saturated rings. The predicted octanol–water partition coefficient (Wildman–Crippen LogP) is -0.576. The molecular weight excluding hydrogens is 176 g/mol. The summed E-state index contributed by atoms with van der Waals surface area (Å²) in [6, 6.07) is 0. The number of methoxy groups -OCH3 is 1.